The number of amides is 1. The lowest BCUT2D eigenvalue weighted by atomic mass is 9.71. The molecule has 1 saturated heterocycles. The van der Waals surface area contributed by atoms with Crippen LogP contribution in [0.2, 0.25) is 0 Å². The number of aliphatic hydroxyl groups excluding tert-OH is 1. The van der Waals surface area contributed by atoms with Gasteiger partial charge in [-0.1, -0.05) is 0 Å². The molecule has 1 aliphatic heterocycles. The van der Waals surface area contributed by atoms with Gasteiger partial charge < -0.3 is 20.3 Å². The van der Waals surface area contributed by atoms with E-state index in [4.69, 9.17) is 0 Å². The Hall–Kier alpha value is -1.40. The SMILES string of the molecule is Cn1ccnc1C(=O)N[C@H](C1CCNCC1)C1CC(O)C1. The predicted octanol–water partition coefficient (Wildman–Crippen LogP) is 0.289. The average molecular weight is 292 g/mol. The van der Waals surface area contributed by atoms with Crippen molar-refractivity contribution in [3.63, 3.8) is 0 Å². The first kappa shape index (κ1) is 14.5. The first-order valence-electron chi connectivity index (χ1n) is 7.82. The molecule has 1 atom stereocenters. The summed E-state index contributed by atoms with van der Waals surface area (Å²) in [7, 11) is 1.83. The van der Waals surface area contributed by atoms with E-state index in [-0.39, 0.29) is 18.1 Å². The number of piperidine rings is 1. The van der Waals surface area contributed by atoms with Crippen LogP contribution in [0, 0.1) is 11.8 Å². The summed E-state index contributed by atoms with van der Waals surface area (Å²) >= 11 is 0. The van der Waals surface area contributed by atoms with Crippen LogP contribution in [0.3, 0.4) is 0 Å². The molecule has 1 aliphatic carbocycles. The quantitative estimate of drug-likeness (QED) is 0.745. The fraction of sp³-hybridized carbons (Fsp3) is 0.733. The molecule has 21 heavy (non-hydrogen) atoms. The highest BCUT2D eigenvalue weighted by atomic mass is 16.3. The van der Waals surface area contributed by atoms with Gasteiger partial charge in [-0.3, -0.25) is 4.79 Å². The maximum Gasteiger partial charge on any atom is 0.287 e. The number of aliphatic hydroxyl groups is 1. The predicted molar refractivity (Wildman–Crippen MR) is 78.8 cm³/mol. The van der Waals surface area contributed by atoms with Crippen LogP contribution in [0.1, 0.15) is 36.3 Å². The monoisotopic (exact) mass is 292 g/mol. The molecule has 6 nitrogen and oxygen atoms in total. The minimum Gasteiger partial charge on any atom is -0.393 e. The van der Waals surface area contributed by atoms with Gasteiger partial charge in [-0.05, 0) is 50.6 Å². The minimum atomic E-state index is -0.190. The molecule has 0 unspecified atom stereocenters. The topological polar surface area (TPSA) is 79.2 Å². The molecule has 3 N–H and O–H groups in total. The lowest BCUT2D eigenvalue weighted by Gasteiger charge is -2.43. The molecule has 1 saturated carbocycles. The van der Waals surface area contributed by atoms with Gasteiger partial charge in [0, 0.05) is 25.5 Å². The number of rotatable bonds is 4. The van der Waals surface area contributed by atoms with E-state index >= 15 is 0 Å². The lowest BCUT2D eigenvalue weighted by molar-refractivity contribution is 0.00903. The Labute approximate surface area is 124 Å². The van der Waals surface area contributed by atoms with Crippen molar-refractivity contribution >= 4 is 5.91 Å². The summed E-state index contributed by atoms with van der Waals surface area (Å²) in [6, 6.07) is 0.152. The molecule has 1 amide bonds. The molecular weight excluding hydrogens is 268 g/mol. The maximum atomic E-state index is 12.4. The molecule has 116 valence electrons. The molecule has 2 aliphatic rings. The lowest BCUT2D eigenvalue weighted by Crippen LogP contribution is -2.53. The van der Waals surface area contributed by atoms with Crippen molar-refractivity contribution in [3.05, 3.63) is 18.2 Å². The summed E-state index contributed by atoms with van der Waals surface area (Å²) in [5, 5.41) is 16.1. The van der Waals surface area contributed by atoms with Crippen molar-refractivity contribution in [1.29, 1.82) is 0 Å². The van der Waals surface area contributed by atoms with Gasteiger partial charge in [-0.2, -0.15) is 0 Å². The van der Waals surface area contributed by atoms with E-state index in [1.165, 1.54) is 0 Å². The van der Waals surface area contributed by atoms with E-state index < -0.39 is 0 Å². The summed E-state index contributed by atoms with van der Waals surface area (Å²) in [5.41, 5.74) is 0. The number of aryl methyl sites for hydroxylation is 1. The third kappa shape index (κ3) is 3.11. The Morgan fingerprint density at radius 2 is 2.14 bits per heavy atom. The second-order valence-electron chi connectivity index (χ2n) is 6.33. The van der Waals surface area contributed by atoms with Crippen LogP contribution in [0.25, 0.3) is 0 Å². The Morgan fingerprint density at radius 3 is 2.71 bits per heavy atom. The average Bonchev–Trinajstić information content (AvgIpc) is 2.89. The van der Waals surface area contributed by atoms with E-state index in [1.807, 2.05) is 7.05 Å². The van der Waals surface area contributed by atoms with E-state index in [0.29, 0.717) is 17.7 Å². The van der Waals surface area contributed by atoms with Gasteiger partial charge in [0.25, 0.3) is 5.91 Å². The van der Waals surface area contributed by atoms with Crippen molar-refractivity contribution < 1.29 is 9.90 Å². The van der Waals surface area contributed by atoms with E-state index in [0.717, 1.165) is 38.8 Å². The fourth-order valence-corrected chi connectivity index (χ4v) is 3.55. The smallest absolute Gasteiger partial charge is 0.287 e. The number of imidazole rings is 1. The van der Waals surface area contributed by atoms with Gasteiger partial charge in [-0.25, -0.2) is 4.98 Å². The number of hydrogen-bond donors (Lipinski definition) is 3. The first-order valence-corrected chi connectivity index (χ1v) is 7.82. The van der Waals surface area contributed by atoms with Gasteiger partial charge in [0.2, 0.25) is 0 Å². The zero-order valence-corrected chi connectivity index (χ0v) is 12.5. The summed E-state index contributed by atoms with van der Waals surface area (Å²) in [4.78, 5) is 16.6. The first-order chi connectivity index (χ1) is 10.1. The van der Waals surface area contributed by atoms with Crippen LogP contribution in [0.5, 0.6) is 0 Å². The van der Waals surface area contributed by atoms with Crippen molar-refractivity contribution in [2.45, 2.75) is 37.8 Å². The van der Waals surface area contributed by atoms with Gasteiger partial charge in [-0.15, -0.1) is 0 Å². The fourth-order valence-electron chi connectivity index (χ4n) is 3.55. The third-order valence-electron chi connectivity index (χ3n) is 4.87. The summed E-state index contributed by atoms with van der Waals surface area (Å²) in [6.45, 7) is 2.02. The number of aromatic nitrogens is 2. The number of hydrogen-bond acceptors (Lipinski definition) is 4. The minimum absolute atomic E-state index is 0.104. The molecule has 2 heterocycles. The molecule has 0 spiro atoms. The highest BCUT2D eigenvalue weighted by Gasteiger charge is 2.39. The summed E-state index contributed by atoms with van der Waals surface area (Å²) < 4.78 is 1.74. The number of carbonyl (C=O) groups is 1. The van der Waals surface area contributed by atoms with Gasteiger partial charge in [0.1, 0.15) is 0 Å². The third-order valence-corrected chi connectivity index (χ3v) is 4.87. The normalized spacial score (nSPS) is 27.9. The number of carbonyl (C=O) groups excluding carboxylic acids is 1. The van der Waals surface area contributed by atoms with E-state index in [9.17, 15) is 9.90 Å². The van der Waals surface area contributed by atoms with Crippen LogP contribution in [-0.2, 0) is 7.05 Å². The standard InChI is InChI=1S/C15H24N4O2/c1-19-7-6-17-14(19)15(21)18-13(11-8-12(20)9-11)10-2-4-16-5-3-10/h6-7,10-13,16,20H,2-5,8-9H2,1H3,(H,18,21)/t11?,12?,13-/m1/s1. The second kappa shape index (κ2) is 6.15. The Balaban J connectivity index is 1.69. The molecule has 1 aromatic rings. The van der Waals surface area contributed by atoms with Crippen LogP contribution in [-0.4, -0.2) is 45.8 Å². The van der Waals surface area contributed by atoms with Crippen molar-refractivity contribution in [2.24, 2.45) is 18.9 Å². The van der Waals surface area contributed by atoms with Crippen molar-refractivity contribution in [2.75, 3.05) is 13.1 Å². The zero-order valence-electron chi connectivity index (χ0n) is 12.5. The van der Waals surface area contributed by atoms with Crippen LogP contribution in [0.15, 0.2) is 12.4 Å². The highest BCUT2D eigenvalue weighted by molar-refractivity contribution is 5.91. The van der Waals surface area contributed by atoms with Gasteiger partial charge >= 0.3 is 0 Å². The Bertz CT molecular complexity index is 490. The molecular formula is C15H24N4O2. The molecule has 0 aromatic carbocycles. The largest absolute Gasteiger partial charge is 0.393 e. The molecule has 0 radical (unpaired) electrons. The highest BCUT2D eigenvalue weighted by Crippen LogP contribution is 2.35. The van der Waals surface area contributed by atoms with Gasteiger partial charge in [0.15, 0.2) is 5.82 Å². The Morgan fingerprint density at radius 1 is 1.43 bits per heavy atom. The zero-order chi connectivity index (χ0) is 14.8. The van der Waals surface area contributed by atoms with Crippen LogP contribution in [0.4, 0.5) is 0 Å². The second-order valence-corrected chi connectivity index (χ2v) is 6.33. The van der Waals surface area contributed by atoms with Gasteiger partial charge in [0.05, 0.1) is 6.10 Å². The summed E-state index contributed by atoms with van der Waals surface area (Å²) in [6.07, 6.45) is 6.99. The van der Waals surface area contributed by atoms with E-state index in [2.05, 4.69) is 15.6 Å². The van der Waals surface area contributed by atoms with Crippen LogP contribution >= 0.6 is 0 Å². The number of nitrogens with one attached hydrogen (secondary N) is 2. The van der Waals surface area contributed by atoms with Crippen molar-refractivity contribution in [3.8, 4) is 0 Å². The molecule has 2 fully saturated rings. The number of nitrogens with zero attached hydrogens (tertiary/aromatic N) is 2. The summed E-state index contributed by atoms with van der Waals surface area (Å²) in [5.74, 6) is 1.24. The van der Waals surface area contributed by atoms with Crippen molar-refractivity contribution in [1.82, 2.24) is 20.2 Å². The molecule has 6 heteroatoms. The molecule has 0 bridgehead atoms. The maximum absolute atomic E-state index is 12.4. The molecule has 3 rings (SSSR count). The van der Waals surface area contributed by atoms with E-state index in [1.54, 1.807) is 17.0 Å². The van der Waals surface area contributed by atoms with Crippen LogP contribution < -0.4 is 10.6 Å². The molecule has 1 aromatic heterocycles. The Kier molecular flexibility index (Phi) is 4.26.